The number of carboxylic acids is 1. The standard InChI is InChI=1S/C32H24F3N3O6/c1-42-26-14-20(15-27(43-2)28(26)44-18-19-10-12-21(13-11-19)31(40)41)17-36-38-29(22-6-5-7-23(16-22)32(33,34)35)37-25-9-4-3-8-24(25)30(38)39/h3-17H,18H2,1-2H3,(H,40,41). The van der Waals surface area contributed by atoms with E-state index in [0.717, 1.165) is 16.8 Å². The third-order valence-electron chi connectivity index (χ3n) is 6.59. The summed E-state index contributed by atoms with van der Waals surface area (Å²) in [7, 11) is 2.85. The van der Waals surface area contributed by atoms with Gasteiger partial charge in [0, 0.05) is 11.1 Å². The number of para-hydroxylation sites is 1. The Morgan fingerprint density at radius 1 is 0.955 bits per heavy atom. The van der Waals surface area contributed by atoms with Crippen LogP contribution in [0.1, 0.15) is 27.0 Å². The lowest BCUT2D eigenvalue weighted by atomic mass is 10.1. The Balaban J connectivity index is 1.53. The number of ether oxygens (including phenoxy) is 3. The van der Waals surface area contributed by atoms with E-state index in [2.05, 4.69) is 10.1 Å². The maximum absolute atomic E-state index is 13.5. The lowest BCUT2D eigenvalue weighted by molar-refractivity contribution is -0.137. The molecule has 44 heavy (non-hydrogen) atoms. The molecule has 0 aliphatic heterocycles. The Kier molecular flexibility index (Phi) is 8.34. The molecule has 0 aliphatic rings. The molecular weight excluding hydrogens is 579 g/mol. The summed E-state index contributed by atoms with van der Waals surface area (Å²) in [5.41, 5.74) is 0.156. The zero-order valence-electron chi connectivity index (χ0n) is 23.3. The molecular formula is C32H24F3N3O6. The summed E-state index contributed by atoms with van der Waals surface area (Å²) >= 11 is 0. The molecule has 0 fully saturated rings. The van der Waals surface area contributed by atoms with E-state index in [1.807, 2.05) is 0 Å². The first-order valence-corrected chi connectivity index (χ1v) is 13.0. The fourth-order valence-electron chi connectivity index (χ4n) is 4.39. The molecule has 5 aromatic rings. The summed E-state index contributed by atoms with van der Waals surface area (Å²) in [4.78, 5) is 29.1. The molecule has 5 rings (SSSR count). The summed E-state index contributed by atoms with van der Waals surface area (Å²) in [5, 5.41) is 13.7. The summed E-state index contributed by atoms with van der Waals surface area (Å²) in [5.74, 6) is -0.306. The molecule has 4 aromatic carbocycles. The van der Waals surface area contributed by atoms with E-state index in [9.17, 15) is 22.8 Å². The average molecular weight is 604 g/mol. The third kappa shape index (κ3) is 6.24. The van der Waals surface area contributed by atoms with Gasteiger partial charge in [0.05, 0.1) is 42.5 Å². The SMILES string of the molecule is COc1cc(C=Nn2c(-c3cccc(C(F)(F)F)c3)nc3ccccc3c2=O)cc(OC)c1OCc1ccc(C(=O)O)cc1. The molecule has 0 atom stereocenters. The van der Waals surface area contributed by atoms with E-state index in [0.29, 0.717) is 16.6 Å². The molecule has 1 aromatic heterocycles. The highest BCUT2D eigenvalue weighted by molar-refractivity contribution is 5.87. The summed E-state index contributed by atoms with van der Waals surface area (Å²) in [6.07, 6.45) is -3.27. The van der Waals surface area contributed by atoms with Crippen LogP contribution in [-0.2, 0) is 12.8 Å². The van der Waals surface area contributed by atoms with Crippen molar-refractivity contribution in [2.45, 2.75) is 12.8 Å². The van der Waals surface area contributed by atoms with Gasteiger partial charge in [0.2, 0.25) is 5.75 Å². The van der Waals surface area contributed by atoms with Gasteiger partial charge in [-0.3, -0.25) is 4.79 Å². The van der Waals surface area contributed by atoms with Crippen LogP contribution >= 0.6 is 0 Å². The fraction of sp³-hybridized carbons (Fsp3) is 0.125. The number of aromatic carboxylic acids is 1. The van der Waals surface area contributed by atoms with Crippen molar-refractivity contribution in [2.24, 2.45) is 5.10 Å². The zero-order chi connectivity index (χ0) is 31.4. The zero-order valence-corrected chi connectivity index (χ0v) is 23.3. The Morgan fingerprint density at radius 3 is 2.27 bits per heavy atom. The first-order valence-electron chi connectivity index (χ1n) is 13.0. The van der Waals surface area contributed by atoms with Gasteiger partial charge >= 0.3 is 12.1 Å². The van der Waals surface area contributed by atoms with Crippen LogP contribution in [-0.4, -0.2) is 41.2 Å². The minimum Gasteiger partial charge on any atom is -0.493 e. The number of carbonyl (C=O) groups is 1. The van der Waals surface area contributed by atoms with Crippen LogP contribution in [0.4, 0.5) is 13.2 Å². The second-order valence-electron chi connectivity index (χ2n) is 9.44. The van der Waals surface area contributed by atoms with E-state index in [1.165, 1.54) is 44.7 Å². The second kappa shape index (κ2) is 12.3. The molecule has 12 heteroatoms. The van der Waals surface area contributed by atoms with Crippen LogP contribution in [0, 0.1) is 0 Å². The van der Waals surface area contributed by atoms with Crippen molar-refractivity contribution in [3.8, 4) is 28.6 Å². The van der Waals surface area contributed by atoms with Crippen molar-refractivity contribution in [1.82, 2.24) is 9.66 Å². The van der Waals surface area contributed by atoms with Crippen molar-refractivity contribution >= 4 is 23.1 Å². The maximum atomic E-state index is 13.5. The first-order chi connectivity index (χ1) is 21.1. The van der Waals surface area contributed by atoms with Crippen LogP contribution in [0.3, 0.4) is 0 Å². The van der Waals surface area contributed by atoms with Gasteiger partial charge in [0.15, 0.2) is 17.3 Å². The number of fused-ring (bicyclic) bond motifs is 1. The normalized spacial score (nSPS) is 11.6. The third-order valence-corrected chi connectivity index (χ3v) is 6.59. The van der Waals surface area contributed by atoms with Gasteiger partial charge in [-0.2, -0.15) is 22.9 Å². The summed E-state index contributed by atoms with van der Waals surface area (Å²) in [6, 6.07) is 20.3. The predicted octanol–water partition coefficient (Wildman–Crippen LogP) is 6.26. The number of hydrogen-bond donors (Lipinski definition) is 1. The van der Waals surface area contributed by atoms with Gasteiger partial charge in [-0.15, -0.1) is 0 Å². The number of nitrogens with zero attached hydrogens (tertiary/aromatic N) is 3. The van der Waals surface area contributed by atoms with Gasteiger partial charge in [0.25, 0.3) is 5.56 Å². The highest BCUT2D eigenvalue weighted by Crippen LogP contribution is 2.39. The quantitative estimate of drug-likeness (QED) is 0.198. The molecule has 0 bridgehead atoms. The Bertz CT molecular complexity index is 1910. The van der Waals surface area contributed by atoms with Gasteiger partial charge in [-0.05, 0) is 54.1 Å². The van der Waals surface area contributed by atoms with E-state index in [1.54, 1.807) is 48.5 Å². The van der Waals surface area contributed by atoms with Gasteiger partial charge < -0.3 is 19.3 Å². The highest BCUT2D eigenvalue weighted by Gasteiger charge is 2.31. The van der Waals surface area contributed by atoms with Crippen LogP contribution < -0.4 is 19.8 Å². The molecule has 0 saturated carbocycles. The number of carboxylic acid groups (broad SMARTS) is 1. The minimum absolute atomic E-state index is 0.0510. The van der Waals surface area contributed by atoms with Crippen molar-refractivity contribution in [1.29, 1.82) is 0 Å². The van der Waals surface area contributed by atoms with Crippen molar-refractivity contribution in [3.05, 3.63) is 118 Å². The van der Waals surface area contributed by atoms with Crippen LogP contribution in [0.2, 0.25) is 0 Å². The summed E-state index contributed by atoms with van der Waals surface area (Å²) in [6.45, 7) is 0.0819. The van der Waals surface area contributed by atoms with Crippen molar-refractivity contribution in [3.63, 3.8) is 0 Å². The number of hydrogen-bond acceptors (Lipinski definition) is 7. The lowest BCUT2D eigenvalue weighted by Crippen LogP contribution is -2.20. The molecule has 0 saturated heterocycles. The minimum atomic E-state index is -4.60. The first kappa shape index (κ1) is 29.8. The van der Waals surface area contributed by atoms with E-state index >= 15 is 0 Å². The van der Waals surface area contributed by atoms with Gasteiger partial charge in [-0.25, -0.2) is 9.78 Å². The van der Waals surface area contributed by atoms with Gasteiger partial charge in [0.1, 0.15) is 6.61 Å². The Hall–Kier alpha value is -5.65. The maximum Gasteiger partial charge on any atom is 0.416 e. The summed E-state index contributed by atoms with van der Waals surface area (Å²) < 4.78 is 58.4. The van der Waals surface area contributed by atoms with Crippen molar-refractivity contribution in [2.75, 3.05) is 14.2 Å². The Labute approximate surface area is 248 Å². The van der Waals surface area contributed by atoms with E-state index in [4.69, 9.17) is 19.3 Å². The number of benzene rings is 4. The molecule has 1 heterocycles. The van der Waals surface area contributed by atoms with Gasteiger partial charge in [-0.1, -0.05) is 36.4 Å². The molecule has 0 aliphatic carbocycles. The monoisotopic (exact) mass is 603 g/mol. The molecule has 0 unspecified atom stereocenters. The fourth-order valence-corrected chi connectivity index (χ4v) is 4.39. The van der Waals surface area contributed by atoms with E-state index in [-0.39, 0.29) is 46.2 Å². The van der Waals surface area contributed by atoms with Crippen molar-refractivity contribution < 1.29 is 37.3 Å². The van der Waals surface area contributed by atoms with Crippen LogP contribution in [0.25, 0.3) is 22.3 Å². The topological polar surface area (TPSA) is 112 Å². The average Bonchev–Trinajstić information content (AvgIpc) is 3.02. The second-order valence-corrected chi connectivity index (χ2v) is 9.44. The Morgan fingerprint density at radius 2 is 1.64 bits per heavy atom. The molecule has 0 amide bonds. The molecule has 0 spiro atoms. The molecule has 1 N–H and O–H groups in total. The smallest absolute Gasteiger partial charge is 0.416 e. The lowest BCUT2D eigenvalue weighted by Gasteiger charge is -2.15. The largest absolute Gasteiger partial charge is 0.493 e. The number of halogens is 3. The number of aromatic nitrogens is 2. The predicted molar refractivity (Wildman–Crippen MR) is 157 cm³/mol. The highest BCUT2D eigenvalue weighted by atomic mass is 19.4. The molecule has 0 radical (unpaired) electrons. The number of rotatable bonds is 9. The molecule has 9 nitrogen and oxygen atoms in total. The van der Waals surface area contributed by atoms with Crippen LogP contribution in [0.5, 0.6) is 17.2 Å². The number of alkyl halides is 3. The molecule has 224 valence electrons. The van der Waals surface area contributed by atoms with Crippen LogP contribution in [0.15, 0.2) is 94.8 Å². The van der Waals surface area contributed by atoms with E-state index < -0.39 is 23.3 Å². The number of methoxy groups -OCH3 is 2.